The van der Waals surface area contributed by atoms with Gasteiger partial charge in [0.25, 0.3) is 15.9 Å². The predicted octanol–water partition coefficient (Wildman–Crippen LogP) is 1.31. The lowest BCUT2D eigenvalue weighted by molar-refractivity contribution is 0.0977. The van der Waals surface area contributed by atoms with E-state index in [4.69, 9.17) is 0 Å². The second kappa shape index (κ2) is 5.07. The Morgan fingerprint density at radius 1 is 1.44 bits per heavy atom. The lowest BCUT2D eigenvalue weighted by Crippen LogP contribution is -2.25. The van der Waals surface area contributed by atoms with Gasteiger partial charge in [0.05, 0.1) is 5.75 Å². The number of sulfonamides is 1. The number of amides is 1. The summed E-state index contributed by atoms with van der Waals surface area (Å²) in [5.74, 6) is -1.73. The van der Waals surface area contributed by atoms with E-state index in [1.807, 2.05) is 0 Å². The maximum Gasteiger partial charge on any atom is 0.287 e. The molecule has 0 saturated carbocycles. The zero-order valence-corrected chi connectivity index (χ0v) is 9.50. The molecule has 1 aromatic carbocycles. The molecule has 1 radical (unpaired) electrons. The highest BCUT2D eigenvalue weighted by Crippen LogP contribution is 2.05. The second-order valence-electron chi connectivity index (χ2n) is 3.19. The van der Waals surface area contributed by atoms with Crippen LogP contribution in [0.2, 0.25) is 0 Å². The summed E-state index contributed by atoms with van der Waals surface area (Å²) in [4.78, 5) is 11.4. The molecular weight excluding hydrogens is 233 g/mol. The molecule has 0 bridgehead atoms. The van der Waals surface area contributed by atoms with Crippen molar-refractivity contribution in [3.63, 3.8) is 0 Å². The SMILES string of the molecule is CCCS(=O)(=O)[N]C(=O)c1cccc(F)c1. The third-order valence-corrected chi connectivity index (χ3v) is 3.12. The molecule has 0 saturated heterocycles. The van der Waals surface area contributed by atoms with Gasteiger partial charge in [-0.15, -0.1) is 4.72 Å². The van der Waals surface area contributed by atoms with E-state index in [0.717, 1.165) is 12.1 Å². The fourth-order valence-corrected chi connectivity index (χ4v) is 2.07. The molecule has 0 heterocycles. The minimum atomic E-state index is -3.74. The second-order valence-corrected chi connectivity index (χ2v) is 4.95. The zero-order chi connectivity index (χ0) is 12.2. The highest BCUT2D eigenvalue weighted by molar-refractivity contribution is 7.89. The largest absolute Gasteiger partial charge is 0.287 e. The topological polar surface area (TPSA) is 65.3 Å². The molecule has 1 aromatic rings. The summed E-state index contributed by atoms with van der Waals surface area (Å²) >= 11 is 0. The average Bonchev–Trinajstić information content (AvgIpc) is 2.16. The Kier molecular flexibility index (Phi) is 4.00. The first-order valence-electron chi connectivity index (χ1n) is 4.70. The highest BCUT2D eigenvalue weighted by Gasteiger charge is 2.18. The fraction of sp³-hybridized carbons (Fsp3) is 0.300. The Morgan fingerprint density at radius 2 is 2.12 bits per heavy atom. The van der Waals surface area contributed by atoms with Gasteiger partial charge in [-0.2, -0.15) is 0 Å². The van der Waals surface area contributed by atoms with Gasteiger partial charge in [0.2, 0.25) is 0 Å². The van der Waals surface area contributed by atoms with Crippen LogP contribution in [0.4, 0.5) is 4.39 Å². The molecular formula is C10H11FNO3S. The Morgan fingerprint density at radius 3 is 2.69 bits per heavy atom. The number of halogens is 1. The maximum atomic E-state index is 12.8. The van der Waals surface area contributed by atoms with Gasteiger partial charge in [0, 0.05) is 5.56 Å². The van der Waals surface area contributed by atoms with E-state index in [9.17, 15) is 17.6 Å². The standard InChI is InChI=1S/C10H11FNO3S/c1-2-6-16(14,15)12-10(13)8-4-3-5-9(11)7-8/h3-5,7H,2,6H2,1H3. The number of carbonyl (C=O) groups is 1. The molecule has 0 aliphatic rings. The number of hydrogen-bond acceptors (Lipinski definition) is 3. The molecule has 0 spiro atoms. The molecule has 6 heteroatoms. The monoisotopic (exact) mass is 244 g/mol. The van der Waals surface area contributed by atoms with Gasteiger partial charge < -0.3 is 0 Å². The minimum Gasteiger partial charge on any atom is -0.266 e. The number of nitrogens with zero attached hydrogens (tertiary/aromatic N) is 1. The van der Waals surface area contributed by atoms with Gasteiger partial charge in [0.1, 0.15) is 5.82 Å². The average molecular weight is 244 g/mol. The van der Waals surface area contributed by atoms with Crippen LogP contribution in [0.5, 0.6) is 0 Å². The lowest BCUT2D eigenvalue weighted by Gasteiger charge is -2.02. The Hall–Kier alpha value is -1.43. The molecule has 4 nitrogen and oxygen atoms in total. The summed E-state index contributed by atoms with van der Waals surface area (Å²) in [6, 6.07) is 4.76. The first-order chi connectivity index (χ1) is 7.44. The van der Waals surface area contributed by atoms with E-state index in [0.29, 0.717) is 6.42 Å². The number of hydrogen-bond donors (Lipinski definition) is 0. The Labute approximate surface area is 93.5 Å². The molecule has 0 N–H and O–H groups in total. The van der Waals surface area contributed by atoms with Crippen molar-refractivity contribution in [2.75, 3.05) is 5.75 Å². The number of benzene rings is 1. The molecule has 87 valence electrons. The first-order valence-corrected chi connectivity index (χ1v) is 6.31. The summed E-state index contributed by atoms with van der Waals surface area (Å²) < 4.78 is 38.3. The normalized spacial score (nSPS) is 11.1. The van der Waals surface area contributed by atoms with Crippen molar-refractivity contribution < 1.29 is 17.6 Å². The van der Waals surface area contributed by atoms with Crippen LogP contribution in [0, 0.1) is 5.82 Å². The van der Waals surface area contributed by atoms with Crippen molar-refractivity contribution >= 4 is 15.9 Å². The van der Waals surface area contributed by atoms with E-state index < -0.39 is 21.7 Å². The maximum absolute atomic E-state index is 12.8. The molecule has 0 aromatic heterocycles. The smallest absolute Gasteiger partial charge is 0.266 e. The third kappa shape index (κ3) is 3.62. The summed E-state index contributed by atoms with van der Waals surface area (Å²) in [5, 5.41) is 0. The lowest BCUT2D eigenvalue weighted by atomic mass is 10.2. The quantitative estimate of drug-likeness (QED) is 0.802. The summed E-state index contributed by atoms with van der Waals surface area (Å²) in [5.41, 5.74) is -0.0697. The van der Waals surface area contributed by atoms with E-state index in [1.54, 1.807) is 6.92 Å². The van der Waals surface area contributed by atoms with Gasteiger partial charge in [-0.25, -0.2) is 12.8 Å². The third-order valence-electron chi connectivity index (χ3n) is 1.76. The summed E-state index contributed by atoms with van der Waals surface area (Å²) in [6.07, 6.45) is 0.377. The molecule has 0 fully saturated rings. The van der Waals surface area contributed by atoms with E-state index in [2.05, 4.69) is 4.72 Å². The molecule has 0 unspecified atom stereocenters. The highest BCUT2D eigenvalue weighted by atomic mass is 32.2. The zero-order valence-electron chi connectivity index (χ0n) is 8.68. The van der Waals surface area contributed by atoms with Crippen LogP contribution in [-0.4, -0.2) is 20.1 Å². The Balaban J connectivity index is 2.81. The van der Waals surface area contributed by atoms with Crippen LogP contribution < -0.4 is 4.72 Å². The van der Waals surface area contributed by atoms with Crippen LogP contribution in [0.25, 0.3) is 0 Å². The van der Waals surface area contributed by atoms with E-state index >= 15 is 0 Å². The van der Waals surface area contributed by atoms with E-state index in [-0.39, 0.29) is 11.3 Å². The van der Waals surface area contributed by atoms with Crippen LogP contribution in [0.15, 0.2) is 24.3 Å². The molecule has 0 aliphatic carbocycles. The summed E-state index contributed by atoms with van der Waals surface area (Å²) in [6.45, 7) is 1.67. The summed E-state index contributed by atoms with van der Waals surface area (Å²) in [7, 11) is -3.74. The van der Waals surface area contributed by atoms with Gasteiger partial charge in [-0.3, -0.25) is 4.79 Å². The van der Waals surface area contributed by atoms with Crippen molar-refractivity contribution in [2.24, 2.45) is 0 Å². The van der Waals surface area contributed by atoms with Crippen molar-refractivity contribution in [2.45, 2.75) is 13.3 Å². The van der Waals surface area contributed by atoms with Crippen LogP contribution in [-0.2, 0) is 10.0 Å². The van der Waals surface area contributed by atoms with Crippen molar-refractivity contribution in [3.8, 4) is 0 Å². The molecule has 1 amide bonds. The van der Waals surface area contributed by atoms with Gasteiger partial charge >= 0.3 is 0 Å². The predicted molar refractivity (Wildman–Crippen MR) is 56.9 cm³/mol. The molecule has 0 atom stereocenters. The van der Waals surface area contributed by atoms with Gasteiger partial charge in [0.15, 0.2) is 0 Å². The van der Waals surface area contributed by atoms with E-state index in [1.165, 1.54) is 12.1 Å². The van der Waals surface area contributed by atoms with Crippen molar-refractivity contribution in [1.29, 1.82) is 0 Å². The van der Waals surface area contributed by atoms with Gasteiger partial charge in [-0.1, -0.05) is 13.0 Å². The van der Waals surface area contributed by atoms with Gasteiger partial charge in [-0.05, 0) is 24.6 Å². The Bertz CT molecular complexity index is 485. The fourth-order valence-electron chi connectivity index (χ4n) is 1.10. The van der Waals surface area contributed by atoms with Crippen LogP contribution >= 0.6 is 0 Å². The van der Waals surface area contributed by atoms with Crippen molar-refractivity contribution in [1.82, 2.24) is 4.72 Å². The van der Waals surface area contributed by atoms with Crippen molar-refractivity contribution in [3.05, 3.63) is 35.6 Å². The van der Waals surface area contributed by atoms with Crippen LogP contribution in [0.3, 0.4) is 0 Å². The molecule has 16 heavy (non-hydrogen) atoms. The number of rotatable bonds is 4. The molecule has 1 rings (SSSR count). The molecule has 0 aliphatic heterocycles. The number of carbonyl (C=O) groups excluding carboxylic acids is 1. The minimum absolute atomic E-state index is 0.0697. The van der Waals surface area contributed by atoms with Crippen LogP contribution in [0.1, 0.15) is 23.7 Å². The first kappa shape index (κ1) is 12.6.